The fraction of sp³-hybridized carbons (Fsp3) is 0.333. The summed E-state index contributed by atoms with van der Waals surface area (Å²) in [6, 6.07) is 12.2. The molecule has 1 aromatic heterocycles. The van der Waals surface area contributed by atoms with E-state index in [9.17, 15) is 36.6 Å². The Hall–Kier alpha value is -3.18. The van der Waals surface area contributed by atoms with Gasteiger partial charge in [0.2, 0.25) is 0 Å². The van der Waals surface area contributed by atoms with E-state index < -0.39 is 68.7 Å². The highest BCUT2D eigenvalue weighted by atomic mass is 32.2. The molecular formula is C24H26N2O11S2. The van der Waals surface area contributed by atoms with Gasteiger partial charge in [-0.3, -0.25) is 22.7 Å². The molecule has 4 rings (SSSR count). The molecule has 2 aromatic carbocycles. The van der Waals surface area contributed by atoms with E-state index in [1.807, 2.05) is 4.98 Å². The van der Waals surface area contributed by atoms with Crippen molar-refractivity contribution in [3.8, 4) is 0 Å². The lowest BCUT2D eigenvalue weighted by molar-refractivity contribution is -0.145. The average Bonchev–Trinajstić information content (AvgIpc) is 3.14. The number of aliphatic hydroxyl groups is 2. The van der Waals surface area contributed by atoms with Gasteiger partial charge in [0.05, 0.1) is 16.4 Å². The zero-order valence-corrected chi connectivity index (χ0v) is 22.4. The maximum Gasteiger partial charge on any atom is 0.330 e. The highest BCUT2D eigenvalue weighted by Gasteiger charge is 2.58. The molecule has 4 atom stereocenters. The number of H-pyrrole nitrogens is 1. The van der Waals surface area contributed by atoms with Crippen LogP contribution in [0.4, 0.5) is 0 Å². The van der Waals surface area contributed by atoms with Crippen LogP contribution in [0.5, 0.6) is 0 Å². The van der Waals surface area contributed by atoms with Crippen molar-refractivity contribution in [3.63, 3.8) is 0 Å². The Kier molecular flexibility index (Phi) is 7.96. The van der Waals surface area contributed by atoms with Crippen LogP contribution in [0.1, 0.15) is 17.4 Å². The number of nitrogens with zero attached hydrogens (tertiary/aromatic N) is 1. The summed E-state index contributed by atoms with van der Waals surface area (Å²) in [4.78, 5) is 25.6. The van der Waals surface area contributed by atoms with Gasteiger partial charge in [0.1, 0.15) is 18.3 Å². The third kappa shape index (κ3) is 5.89. The van der Waals surface area contributed by atoms with Gasteiger partial charge in [0, 0.05) is 12.3 Å². The van der Waals surface area contributed by atoms with Crippen LogP contribution in [0.2, 0.25) is 0 Å². The molecule has 15 heteroatoms. The fourth-order valence-corrected chi connectivity index (χ4v) is 5.96. The molecule has 39 heavy (non-hydrogen) atoms. The summed E-state index contributed by atoms with van der Waals surface area (Å²) >= 11 is 0. The summed E-state index contributed by atoms with van der Waals surface area (Å²) in [5.74, 6) is 0. The van der Waals surface area contributed by atoms with Crippen LogP contribution < -0.4 is 11.2 Å². The van der Waals surface area contributed by atoms with Gasteiger partial charge in [-0.15, -0.1) is 0 Å². The van der Waals surface area contributed by atoms with Crippen molar-refractivity contribution in [3.05, 3.63) is 92.8 Å². The van der Waals surface area contributed by atoms with E-state index in [4.69, 9.17) is 13.1 Å². The van der Waals surface area contributed by atoms with E-state index in [2.05, 4.69) is 0 Å². The summed E-state index contributed by atoms with van der Waals surface area (Å²) in [6.07, 6.45) is -4.66. The third-order valence-corrected chi connectivity index (χ3v) is 8.80. The number of aromatic amines is 1. The van der Waals surface area contributed by atoms with E-state index >= 15 is 0 Å². The Bertz CT molecular complexity index is 1660. The molecule has 0 radical (unpaired) electrons. The standard InChI is InChI=1S/C24H26N2O11S2/c1-15-3-7-17(8-4-15)38(31,32)35-14-24(13-27)21(29)20(22(36-24)26-12-11-19(28)25-23(26)30)37-39(33,34)18-9-5-16(2)6-10-18/h3-12,20-22,27,29H,13-14H2,1-2H3,(H,25,28,30)/t20-,21+,22?,24+/m1/s1. The molecule has 13 nitrogen and oxygen atoms in total. The van der Waals surface area contributed by atoms with E-state index in [-0.39, 0.29) is 9.79 Å². The van der Waals surface area contributed by atoms with Crippen molar-refractivity contribution >= 4 is 20.2 Å². The van der Waals surface area contributed by atoms with Crippen molar-refractivity contribution < 1.29 is 40.2 Å². The number of nitrogens with one attached hydrogen (secondary N) is 1. The van der Waals surface area contributed by atoms with E-state index in [0.29, 0.717) is 0 Å². The third-order valence-electron chi connectivity index (χ3n) is 6.20. The normalized spacial score (nSPS) is 23.6. The van der Waals surface area contributed by atoms with Crippen molar-refractivity contribution in [2.24, 2.45) is 0 Å². The maximum atomic E-state index is 13.1. The van der Waals surface area contributed by atoms with Crippen LogP contribution >= 0.6 is 0 Å². The molecule has 3 aromatic rings. The Morgan fingerprint density at radius 2 is 1.46 bits per heavy atom. The minimum absolute atomic E-state index is 0.211. The van der Waals surface area contributed by atoms with Crippen LogP contribution in [0.3, 0.4) is 0 Å². The number of aliphatic hydroxyl groups excluding tert-OH is 2. The zero-order valence-electron chi connectivity index (χ0n) is 20.8. The van der Waals surface area contributed by atoms with Gasteiger partial charge < -0.3 is 14.9 Å². The molecule has 3 N–H and O–H groups in total. The molecule has 0 amide bonds. The Labute approximate surface area is 223 Å². The number of aryl methyl sites for hydroxylation is 2. The summed E-state index contributed by atoms with van der Waals surface area (Å²) in [5.41, 5.74) is -2.50. The van der Waals surface area contributed by atoms with Gasteiger partial charge >= 0.3 is 5.69 Å². The molecule has 1 aliphatic heterocycles. The molecule has 0 saturated carbocycles. The van der Waals surface area contributed by atoms with Crippen LogP contribution in [-0.4, -0.2) is 67.6 Å². The highest BCUT2D eigenvalue weighted by molar-refractivity contribution is 7.87. The lowest BCUT2D eigenvalue weighted by atomic mass is 9.97. The lowest BCUT2D eigenvalue weighted by Gasteiger charge is -2.29. The molecule has 0 spiro atoms. The van der Waals surface area contributed by atoms with Crippen molar-refractivity contribution in [2.45, 2.75) is 47.7 Å². The molecule has 0 aliphatic carbocycles. The lowest BCUT2D eigenvalue weighted by Crippen LogP contribution is -2.51. The SMILES string of the molecule is Cc1ccc(S(=O)(=O)OC[C@]2(CO)OC(n3ccc(=O)[nH]c3=O)[C@H](OS(=O)(=O)c3ccc(C)cc3)[C@@H]2O)cc1. The van der Waals surface area contributed by atoms with Crippen LogP contribution in [0.15, 0.2) is 80.2 Å². The van der Waals surface area contributed by atoms with Crippen LogP contribution in [-0.2, 0) is 33.3 Å². The first-order valence-corrected chi connectivity index (χ1v) is 14.3. The van der Waals surface area contributed by atoms with Gasteiger partial charge in [-0.1, -0.05) is 35.4 Å². The Morgan fingerprint density at radius 1 is 0.923 bits per heavy atom. The molecule has 1 aliphatic rings. The Morgan fingerprint density at radius 3 is 1.97 bits per heavy atom. The topological polar surface area (TPSA) is 191 Å². The summed E-state index contributed by atoms with van der Waals surface area (Å²) < 4.78 is 68.5. The van der Waals surface area contributed by atoms with E-state index in [1.54, 1.807) is 13.8 Å². The first kappa shape index (κ1) is 28.8. The second kappa shape index (κ2) is 10.8. The molecule has 1 saturated heterocycles. The van der Waals surface area contributed by atoms with Crippen molar-refractivity contribution in [2.75, 3.05) is 13.2 Å². The molecule has 2 heterocycles. The van der Waals surface area contributed by atoms with Crippen LogP contribution in [0.25, 0.3) is 0 Å². The van der Waals surface area contributed by atoms with Gasteiger partial charge in [-0.05, 0) is 38.1 Å². The number of hydrogen-bond donors (Lipinski definition) is 3. The highest BCUT2D eigenvalue weighted by Crippen LogP contribution is 2.40. The predicted molar refractivity (Wildman–Crippen MR) is 135 cm³/mol. The number of aromatic nitrogens is 2. The molecular weight excluding hydrogens is 556 g/mol. The molecule has 1 unspecified atom stereocenters. The van der Waals surface area contributed by atoms with Gasteiger partial charge in [-0.25, -0.2) is 4.79 Å². The molecule has 210 valence electrons. The van der Waals surface area contributed by atoms with E-state index in [1.165, 1.54) is 48.5 Å². The second-order valence-electron chi connectivity index (χ2n) is 9.05. The minimum atomic E-state index is -4.57. The number of rotatable bonds is 9. The fourth-order valence-electron chi connectivity index (χ4n) is 3.93. The van der Waals surface area contributed by atoms with Gasteiger partial charge in [-0.2, -0.15) is 16.8 Å². The van der Waals surface area contributed by atoms with Crippen molar-refractivity contribution in [1.82, 2.24) is 9.55 Å². The number of benzene rings is 2. The van der Waals surface area contributed by atoms with E-state index in [0.717, 1.165) is 28.0 Å². The predicted octanol–water partition coefficient (Wildman–Crippen LogP) is -0.0462. The molecule has 0 bridgehead atoms. The Balaban J connectivity index is 1.71. The summed E-state index contributed by atoms with van der Waals surface area (Å²) in [7, 11) is -8.98. The number of hydrogen-bond acceptors (Lipinski definition) is 11. The first-order valence-electron chi connectivity index (χ1n) is 11.5. The quantitative estimate of drug-likeness (QED) is 0.287. The first-order chi connectivity index (χ1) is 18.3. The summed E-state index contributed by atoms with van der Waals surface area (Å²) in [5, 5.41) is 21.4. The van der Waals surface area contributed by atoms with Crippen LogP contribution in [0, 0.1) is 13.8 Å². The smallest absolute Gasteiger partial charge is 0.330 e. The average molecular weight is 583 g/mol. The number of ether oxygens (including phenoxy) is 1. The van der Waals surface area contributed by atoms with Gasteiger partial charge in [0.15, 0.2) is 12.3 Å². The van der Waals surface area contributed by atoms with Crippen molar-refractivity contribution in [1.29, 1.82) is 0 Å². The minimum Gasteiger partial charge on any atom is -0.393 e. The zero-order chi connectivity index (χ0) is 28.6. The van der Waals surface area contributed by atoms with Gasteiger partial charge in [0.25, 0.3) is 25.8 Å². The second-order valence-corrected chi connectivity index (χ2v) is 12.2. The maximum absolute atomic E-state index is 13.1. The largest absolute Gasteiger partial charge is 0.393 e. The monoisotopic (exact) mass is 582 g/mol. The summed E-state index contributed by atoms with van der Waals surface area (Å²) in [6.45, 7) is 1.46. The molecule has 1 fully saturated rings.